The molecular weight excluding hydrogens is 203 g/mol. The lowest BCUT2D eigenvalue weighted by Crippen LogP contribution is -2.07. The summed E-state index contributed by atoms with van der Waals surface area (Å²) in [4.78, 5) is 0. The van der Waals surface area contributed by atoms with E-state index in [1.807, 2.05) is 0 Å². The highest BCUT2D eigenvalue weighted by Gasteiger charge is 2.28. The average Bonchev–Trinajstić information content (AvgIpc) is 2.21. The third-order valence-corrected chi connectivity index (χ3v) is 7.34. The fourth-order valence-electron chi connectivity index (χ4n) is 1.95. The first-order chi connectivity index (χ1) is 6.68. The van der Waals surface area contributed by atoms with E-state index in [1.54, 1.807) is 18.5 Å². The van der Waals surface area contributed by atoms with Gasteiger partial charge in [0.05, 0.1) is 18.5 Å². The summed E-state index contributed by atoms with van der Waals surface area (Å²) in [5.41, 5.74) is 0. The van der Waals surface area contributed by atoms with Crippen molar-refractivity contribution >= 4 is 7.26 Å². The molecule has 1 N–H and O–H groups in total. The van der Waals surface area contributed by atoms with E-state index in [-0.39, 0.29) is 5.48 Å². The molecule has 0 aliphatic heterocycles. The largest absolute Gasteiger partial charge is 0.870 e. The zero-order valence-electron chi connectivity index (χ0n) is 11.3. The van der Waals surface area contributed by atoms with E-state index in [2.05, 4.69) is 27.4 Å². The number of hydrogen-bond acceptors (Lipinski definition) is 1. The minimum atomic E-state index is -0.519. The molecule has 0 saturated carbocycles. The number of hydrogen-bond donors (Lipinski definition) is 0. The van der Waals surface area contributed by atoms with E-state index in [4.69, 9.17) is 0 Å². The van der Waals surface area contributed by atoms with Crippen molar-refractivity contribution in [3.8, 4) is 0 Å². The molecule has 15 heavy (non-hydrogen) atoms. The number of unbranched alkanes of at least 4 members (excludes halogenated alkanes) is 3. The molecule has 0 bridgehead atoms. The Morgan fingerprint density at radius 3 is 1.13 bits per heavy atom. The lowest BCUT2D eigenvalue weighted by Gasteiger charge is -2.22. The Balaban J connectivity index is 0. The van der Waals surface area contributed by atoms with E-state index < -0.39 is 7.26 Å². The van der Waals surface area contributed by atoms with Crippen molar-refractivity contribution in [1.82, 2.24) is 0 Å². The summed E-state index contributed by atoms with van der Waals surface area (Å²) < 4.78 is 0. The van der Waals surface area contributed by atoms with Gasteiger partial charge < -0.3 is 5.48 Å². The van der Waals surface area contributed by atoms with Crippen LogP contribution in [-0.4, -0.2) is 30.6 Å². The summed E-state index contributed by atoms with van der Waals surface area (Å²) in [5, 5.41) is 0. The van der Waals surface area contributed by atoms with Crippen molar-refractivity contribution in [3.05, 3.63) is 0 Å². The van der Waals surface area contributed by atoms with Crippen LogP contribution in [0.15, 0.2) is 0 Å². The molecule has 1 nitrogen and oxygen atoms in total. The molecule has 0 fully saturated rings. The van der Waals surface area contributed by atoms with Gasteiger partial charge in [-0.15, -0.1) is 0 Å². The summed E-state index contributed by atoms with van der Waals surface area (Å²) in [7, 11) is -0.519. The molecule has 0 radical (unpaired) electrons. The van der Waals surface area contributed by atoms with Crippen molar-refractivity contribution in [2.45, 2.75) is 59.3 Å². The molecule has 0 aromatic carbocycles. The standard InChI is InChI=1S/C13H30P.H2O/c1-5-8-11-14(4,12-9-6-2)13-10-7-3;/h5-13H2,1-4H3;1H2/q+1;/p-1. The third kappa shape index (κ3) is 9.33. The van der Waals surface area contributed by atoms with Crippen LogP contribution in [0.4, 0.5) is 0 Å². The Morgan fingerprint density at radius 1 is 0.667 bits per heavy atom. The normalized spacial score (nSPS) is 11.2. The quantitative estimate of drug-likeness (QED) is 0.524. The topological polar surface area (TPSA) is 30.0 Å². The van der Waals surface area contributed by atoms with Gasteiger partial charge >= 0.3 is 0 Å². The van der Waals surface area contributed by atoms with Gasteiger partial charge in [-0.25, -0.2) is 0 Å². The molecule has 0 saturated heterocycles. The summed E-state index contributed by atoms with van der Waals surface area (Å²) >= 11 is 0. The Labute approximate surface area is 97.7 Å². The third-order valence-electron chi connectivity index (χ3n) is 3.15. The first kappa shape index (κ1) is 17.8. The second kappa shape index (κ2) is 10.9. The van der Waals surface area contributed by atoms with Crippen molar-refractivity contribution in [1.29, 1.82) is 0 Å². The van der Waals surface area contributed by atoms with Crippen molar-refractivity contribution in [2.24, 2.45) is 0 Å². The van der Waals surface area contributed by atoms with E-state index in [9.17, 15) is 0 Å². The lowest BCUT2D eigenvalue weighted by atomic mass is 10.4. The molecule has 0 amide bonds. The molecule has 0 aromatic heterocycles. The van der Waals surface area contributed by atoms with Crippen LogP contribution in [0.1, 0.15) is 59.3 Å². The molecule has 0 unspecified atom stereocenters. The molecule has 0 spiro atoms. The fraction of sp³-hybridized carbons (Fsp3) is 1.00. The van der Waals surface area contributed by atoms with E-state index in [0.29, 0.717) is 0 Å². The second-order valence-electron chi connectivity index (χ2n) is 4.85. The lowest BCUT2D eigenvalue weighted by molar-refractivity contribution is 0.824. The van der Waals surface area contributed by atoms with Gasteiger partial charge in [-0.05, 0) is 19.3 Å². The van der Waals surface area contributed by atoms with Gasteiger partial charge in [-0.2, -0.15) is 0 Å². The van der Waals surface area contributed by atoms with Gasteiger partial charge in [0, 0.05) is 13.9 Å². The maximum absolute atomic E-state index is 2.62. The predicted octanol–water partition coefficient (Wildman–Crippen LogP) is 4.86. The van der Waals surface area contributed by atoms with Crippen molar-refractivity contribution in [2.75, 3.05) is 25.2 Å². The van der Waals surface area contributed by atoms with Crippen molar-refractivity contribution in [3.63, 3.8) is 0 Å². The van der Waals surface area contributed by atoms with Gasteiger partial charge in [0.1, 0.15) is 0 Å². The number of rotatable bonds is 9. The Hall–Kier alpha value is 0.390. The van der Waals surface area contributed by atoms with Crippen molar-refractivity contribution < 1.29 is 5.48 Å². The summed E-state index contributed by atoms with van der Waals surface area (Å²) in [6, 6.07) is 0. The van der Waals surface area contributed by atoms with E-state index in [1.165, 1.54) is 38.5 Å². The summed E-state index contributed by atoms with van der Waals surface area (Å²) in [6.45, 7) is 9.59. The van der Waals surface area contributed by atoms with Crippen LogP contribution in [0.3, 0.4) is 0 Å². The van der Waals surface area contributed by atoms with E-state index >= 15 is 0 Å². The second-order valence-corrected chi connectivity index (χ2v) is 9.43. The Morgan fingerprint density at radius 2 is 0.933 bits per heavy atom. The zero-order valence-corrected chi connectivity index (χ0v) is 12.2. The first-order valence-corrected chi connectivity index (χ1v) is 9.31. The summed E-state index contributed by atoms with van der Waals surface area (Å²) in [6.07, 6.45) is 13.2. The molecule has 0 rings (SSSR count). The first-order valence-electron chi connectivity index (χ1n) is 6.52. The van der Waals surface area contributed by atoms with Crippen LogP contribution in [0.2, 0.25) is 0 Å². The van der Waals surface area contributed by atoms with Gasteiger partial charge in [0.2, 0.25) is 0 Å². The van der Waals surface area contributed by atoms with Gasteiger partial charge in [0.15, 0.2) is 0 Å². The fourth-order valence-corrected chi connectivity index (χ4v) is 5.86. The maximum Gasteiger partial charge on any atom is 0.0591 e. The minimum absolute atomic E-state index is 0. The minimum Gasteiger partial charge on any atom is -0.870 e. The molecule has 94 valence electrons. The Kier molecular flexibility index (Phi) is 12.9. The average molecular weight is 234 g/mol. The predicted molar refractivity (Wildman–Crippen MR) is 74.1 cm³/mol. The Bertz CT molecular complexity index is 104. The van der Waals surface area contributed by atoms with Crippen LogP contribution in [0.25, 0.3) is 0 Å². The highest BCUT2D eigenvalue weighted by molar-refractivity contribution is 7.75. The summed E-state index contributed by atoms with van der Waals surface area (Å²) in [5.74, 6) is 0. The molecule has 0 atom stereocenters. The van der Waals surface area contributed by atoms with Crippen LogP contribution in [-0.2, 0) is 0 Å². The monoisotopic (exact) mass is 234 g/mol. The zero-order chi connectivity index (χ0) is 10.9. The van der Waals surface area contributed by atoms with Crippen LogP contribution >= 0.6 is 7.26 Å². The van der Waals surface area contributed by atoms with Gasteiger partial charge in [0.25, 0.3) is 0 Å². The van der Waals surface area contributed by atoms with Crippen LogP contribution in [0, 0.1) is 0 Å². The smallest absolute Gasteiger partial charge is 0.0591 e. The molecule has 0 aliphatic rings. The maximum atomic E-state index is 2.62. The SMILES string of the molecule is CCCC[P+](C)(CCCC)CCCC.[OH-]. The van der Waals surface area contributed by atoms with Crippen LogP contribution < -0.4 is 0 Å². The molecular formula is C13H31OP. The van der Waals surface area contributed by atoms with Gasteiger partial charge in [-0.1, -0.05) is 40.0 Å². The molecule has 0 aliphatic carbocycles. The molecule has 0 aromatic rings. The van der Waals surface area contributed by atoms with Gasteiger partial charge in [-0.3, -0.25) is 0 Å². The van der Waals surface area contributed by atoms with E-state index in [0.717, 1.165) is 0 Å². The van der Waals surface area contributed by atoms with Crippen LogP contribution in [0.5, 0.6) is 0 Å². The highest BCUT2D eigenvalue weighted by atomic mass is 31.2. The highest BCUT2D eigenvalue weighted by Crippen LogP contribution is 2.57. The molecule has 2 heteroatoms. The molecule has 0 heterocycles.